The molecule has 0 saturated carbocycles. The number of nitrogens with zero attached hydrogens (tertiary/aromatic N) is 1. The highest BCUT2D eigenvalue weighted by Gasteiger charge is 2.40. The third-order valence-electron chi connectivity index (χ3n) is 4.74. The molecule has 1 aliphatic heterocycles. The number of esters is 1. The van der Waals surface area contributed by atoms with Gasteiger partial charge in [0.2, 0.25) is 0 Å². The predicted molar refractivity (Wildman–Crippen MR) is 109 cm³/mol. The van der Waals surface area contributed by atoms with Crippen molar-refractivity contribution in [1.29, 1.82) is 0 Å². The monoisotopic (exact) mass is 363 g/mol. The quantitative estimate of drug-likeness (QED) is 0.552. The number of hydrogen-bond donors (Lipinski definition) is 0. The van der Waals surface area contributed by atoms with Crippen molar-refractivity contribution in [3.8, 4) is 5.75 Å². The Balaban J connectivity index is 1.89. The van der Waals surface area contributed by atoms with Crippen molar-refractivity contribution in [3.63, 3.8) is 0 Å². The van der Waals surface area contributed by atoms with E-state index >= 15 is 0 Å². The van der Waals surface area contributed by atoms with Crippen LogP contribution in [0.25, 0.3) is 6.08 Å². The highest BCUT2D eigenvalue weighted by atomic mass is 16.5. The van der Waals surface area contributed by atoms with Crippen molar-refractivity contribution in [3.05, 3.63) is 78.0 Å². The molecular weight excluding hydrogens is 338 g/mol. The molecule has 1 fully saturated rings. The fourth-order valence-electron chi connectivity index (χ4n) is 3.30. The van der Waals surface area contributed by atoms with Gasteiger partial charge in [0, 0.05) is 23.4 Å². The SMILES string of the molecule is CCOC(=O)/C=C1/C(C)C(/C=C/c2ccccc2)N1c1ccc(OC)cc1. The van der Waals surface area contributed by atoms with Gasteiger partial charge in [0.05, 0.1) is 19.8 Å². The largest absolute Gasteiger partial charge is 0.497 e. The molecule has 140 valence electrons. The molecule has 2 aromatic rings. The molecule has 3 rings (SSSR count). The summed E-state index contributed by atoms with van der Waals surface area (Å²) in [6, 6.07) is 18.2. The summed E-state index contributed by atoms with van der Waals surface area (Å²) >= 11 is 0. The number of benzene rings is 2. The van der Waals surface area contributed by atoms with Gasteiger partial charge in [-0.05, 0) is 36.8 Å². The molecule has 0 radical (unpaired) electrons. The molecule has 0 aromatic heterocycles. The zero-order chi connectivity index (χ0) is 19.2. The number of carbonyl (C=O) groups is 1. The Bertz CT molecular complexity index is 824. The van der Waals surface area contributed by atoms with Crippen LogP contribution in [0.5, 0.6) is 5.75 Å². The summed E-state index contributed by atoms with van der Waals surface area (Å²) in [7, 11) is 1.65. The minimum atomic E-state index is -0.302. The summed E-state index contributed by atoms with van der Waals surface area (Å²) in [6.07, 6.45) is 5.91. The van der Waals surface area contributed by atoms with Crippen molar-refractivity contribution in [2.45, 2.75) is 19.9 Å². The second-order valence-electron chi connectivity index (χ2n) is 6.44. The summed E-state index contributed by atoms with van der Waals surface area (Å²) < 4.78 is 10.4. The number of ether oxygens (including phenoxy) is 2. The smallest absolute Gasteiger partial charge is 0.332 e. The molecule has 4 heteroatoms. The van der Waals surface area contributed by atoms with Gasteiger partial charge >= 0.3 is 5.97 Å². The van der Waals surface area contributed by atoms with Crippen LogP contribution in [0.3, 0.4) is 0 Å². The Kier molecular flexibility index (Phi) is 5.97. The van der Waals surface area contributed by atoms with Crippen LogP contribution >= 0.6 is 0 Å². The summed E-state index contributed by atoms with van der Waals surface area (Å²) in [5.74, 6) is 0.722. The van der Waals surface area contributed by atoms with Gasteiger partial charge in [0.15, 0.2) is 0 Å². The molecular formula is C23H25NO3. The summed E-state index contributed by atoms with van der Waals surface area (Å²) in [5, 5.41) is 0. The summed E-state index contributed by atoms with van der Waals surface area (Å²) in [5.41, 5.74) is 3.13. The van der Waals surface area contributed by atoms with Crippen LogP contribution in [-0.4, -0.2) is 25.7 Å². The Morgan fingerprint density at radius 1 is 1.11 bits per heavy atom. The van der Waals surface area contributed by atoms with E-state index in [1.54, 1.807) is 13.2 Å². The number of anilines is 1. The zero-order valence-electron chi connectivity index (χ0n) is 16.0. The Morgan fingerprint density at radius 2 is 1.81 bits per heavy atom. The van der Waals surface area contributed by atoms with Gasteiger partial charge in [-0.2, -0.15) is 0 Å². The number of rotatable bonds is 6. The van der Waals surface area contributed by atoms with E-state index in [9.17, 15) is 4.79 Å². The van der Waals surface area contributed by atoms with Gasteiger partial charge in [-0.3, -0.25) is 0 Å². The van der Waals surface area contributed by atoms with Crippen LogP contribution in [-0.2, 0) is 9.53 Å². The first kappa shape index (κ1) is 18.8. The Labute approximate surface area is 160 Å². The third-order valence-corrected chi connectivity index (χ3v) is 4.74. The lowest BCUT2D eigenvalue weighted by Gasteiger charge is -2.49. The van der Waals surface area contributed by atoms with E-state index in [2.05, 4.69) is 36.1 Å². The Morgan fingerprint density at radius 3 is 2.44 bits per heavy atom. The Hall–Kier alpha value is -3.01. The maximum absolute atomic E-state index is 12.0. The van der Waals surface area contributed by atoms with Crippen molar-refractivity contribution < 1.29 is 14.3 Å². The third kappa shape index (κ3) is 4.22. The zero-order valence-corrected chi connectivity index (χ0v) is 16.0. The molecule has 1 saturated heterocycles. The van der Waals surface area contributed by atoms with Crippen LogP contribution in [0.15, 0.2) is 72.4 Å². The molecule has 1 aliphatic rings. The number of carbonyl (C=O) groups excluding carboxylic acids is 1. The average molecular weight is 363 g/mol. The molecule has 2 atom stereocenters. The number of methoxy groups -OCH3 is 1. The van der Waals surface area contributed by atoms with Crippen molar-refractivity contribution >= 4 is 17.7 Å². The minimum Gasteiger partial charge on any atom is -0.497 e. The molecule has 0 spiro atoms. The van der Waals surface area contributed by atoms with Gasteiger partial charge in [0.1, 0.15) is 5.75 Å². The molecule has 0 amide bonds. The van der Waals surface area contributed by atoms with Crippen LogP contribution < -0.4 is 9.64 Å². The minimum absolute atomic E-state index is 0.166. The van der Waals surface area contributed by atoms with E-state index in [0.717, 1.165) is 22.7 Å². The van der Waals surface area contributed by atoms with Crippen LogP contribution in [0.2, 0.25) is 0 Å². The first-order valence-corrected chi connectivity index (χ1v) is 9.19. The second kappa shape index (κ2) is 8.58. The first-order chi connectivity index (χ1) is 13.1. The van der Waals surface area contributed by atoms with Gasteiger partial charge in [-0.1, -0.05) is 49.4 Å². The maximum Gasteiger partial charge on any atom is 0.332 e. The van der Waals surface area contributed by atoms with Crippen molar-refractivity contribution in [2.24, 2.45) is 5.92 Å². The molecule has 0 bridgehead atoms. The first-order valence-electron chi connectivity index (χ1n) is 9.19. The van der Waals surface area contributed by atoms with E-state index in [4.69, 9.17) is 9.47 Å². The second-order valence-corrected chi connectivity index (χ2v) is 6.44. The topological polar surface area (TPSA) is 38.8 Å². The van der Waals surface area contributed by atoms with Gasteiger partial charge in [-0.25, -0.2) is 4.79 Å². The van der Waals surface area contributed by atoms with E-state index in [0.29, 0.717) is 6.61 Å². The van der Waals surface area contributed by atoms with Crippen LogP contribution in [0.4, 0.5) is 5.69 Å². The maximum atomic E-state index is 12.0. The molecule has 0 N–H and O–H groups in total. The molecule has 2 aromatic carbocycles. The molecule has 0 aliphatic carbocycles. The fraction of sp³-hybridized carbons (Fsp3) is 0.261. The molecule has 27 heavy (non-hydrogen) atoms. The van der Waals surface area contributed by atoms with E-state index in [-0.39, 0.29) is 17.9 Å². The van der Waals surface area contributed by atoms with E-state index < -0.39 is 0 Å². The standard InChI is InChI=1S/C23H25NO3/c1-4-27-23(25)16-22-17(2)21(15-10-18-8-6-5-7-9-18)24(22)19-11-13-20(26-3)14-12-19/h5-17,21H,4H2,1-3H3/b15-10+,22-16-. The van der Waals surface area contributed by atoms with Crippen molar-refractivity contribution in [1.82, 2.24) is 0 Å². The predicted octanol–water partition coefficient (Wildman–Crippen LogP) is 4.68. The van der Waals surface area contributed by atoms with E-state index in [1.807, 2.05) is 49.4 Å². The normalized spacial score (nSPS) is 20.6. The highest BCUT2D eigenvalue weighted by Crippen LogP contribution is 2.41. The fourth-order valence-corrected chi connectivity index (χ4v) is 3.30. The van der Waals surface area contributed by atoms with Crippen molar-refractivity contribution in [2.75, 3.05) is 18.6 Å². The lowest BCUT2D eigenvalue weighted by Crippen LogP contribution is -2.52. The van der Waals surface area contributed by atoms with E-state index in [1.165, 1.54) is 0 Å². The van der Waals surface area contributed by atoms with Crippen LogP contribution in [0.1, 0.15) is 19.4 Å². The molecule has 2 unspecified atom stereocenters. The van der Waals surface area contributed by atoms with Gasteiger partial charge in [-0.15, -0.1) is 0 Å². The molecule has 1 heterocycles. The lowest BCUT2D eigenvalue weighted by molar-refractivity contribution is -0.137. The van der Waals surface area contributed by atoms with Gasteiger partial charge in [0.25, 0.3) is 0 Å². The van der Waals surface area contributed by atoms with Crippen LogP contribution in [0, 0.1) is 5.92 Å². The average Bonchev–Trinajstić information content (AvgIpc) is 2.70. The highest BCUT2D eigenvalue weighted by molar-refractivity contribution is 5.85. The summed E-state index contributed by atoms with van der Waals surface area (Å²) in [6.45, 7) is 4.31. The molecule has 4 nitrogen and oxygen atoms in total. The summed E-state index contributed by atoms with van der Waals surface area (Å²) in [4.78, 5) is 14.2. The lowest BCUT2D eigenvalue weighted by atomic mass is 9.84. The number of hydrogen-bond acceptors (Lipinski definition) is 4. The van der Waals surface area contributed by atoms with Gasteiger partial charge < -0.3 is 14.4 Å².